The van der Waals surface area contributed by atoms with Crippen LogP contribution in [-0.4, -0.2) is 28.4 Å². The summed E-state index contributed by atoms with van der Waals surface area (Å²) in [4.78, 5) is 37.7. The molecule has 1 heterocycles. The second-order valence-electron chi connectivity index (χ2n) is 8.01. The molecule has 1 atom stereocenters. The number of benzene rings is 3. The number of hydrazone groups is 1. The highest BCUT2D eigenvalue weighted by Gasteiger charge is 2.49. The van der Waals surface area contributed by atoms with Crippen LogP contribution in [0.3, 0.4) is 0 Å². The van der Waals surface area contributed by atoms with Crippen molar-refractivity contribution in [2.75, 3.05) is 5.32 Å². The van der Waals surface area contributed by atoms with Gasteiger partial charge in [0.05, 0.1) is 22.3 Å². The number of fused-ring (bicyclic) bond motifs is 1. The first kappa shape index (κ1) is 19.9. The minimum absolute atomic E-state index is 0.168. The van der Waals surface area contributed by atoms with E-state index in [1.165, 1.54) is 6.92 Å². The van der Waals surface area contributed by atoms with Crippen LogP contribution in [-0.2, 0) is 10.2 Å². The molecule has 0 saturated heterocycles. The van der Waals surface area contributed by atoms with Crippen LogP contribution in [0.25, 0.3) is 0 Å². The minimum atomic E-state index is -0.643. The Morgan fingerprint density at radius 2 is 1.47 bits per heavy atom. The molecule has 1 fully saturated rings. The number of nitrogens with zero attached hydrogens (tertiary/aromatic N) is 2. The molecule has 0 spiro atoms. The molecule has 6 nitrogen and oxygen atoms in total. The van der Waals surface area contributed by atoms with E-state index in [1.54, 1.807) is 24.3 Å². The fraction of sp³-hybridized carbons (Fsp3) is 0.154. The molecule has 1 saturated carbocycles. The Hall–Kier alpha value is -4.06. The van der Waals surface area contributed by atoms with Gasteiger partial charge in [0, 0.05) is 12.6 Å². The zero-order chi connectivity index (χ0) is 22.3. The second-order valence-corrected chi connectivity index (χ2v) is 8.01. The summed E-state index contributed by atoms with van der Waals surface area (Å²) in [5.41, 5.74) is 3.39. The first-order valence-corrected chi connectivity index (χ1v) is 10.5. The molecule has 158 valence electrons. The van der Waals surface area contributed by atoms with Gasteiger partial charge in [-0.1, -0.05) is 60.7 Å². The second kappa shape index (κ2) is 7.57. The summed E-state index contributed by atoms with van der Waals surface area (Å²) in [6, 6.07) is 24.3. The first-order chi connectivity index (χ1) is 15.5. The number of carbonyl (C=O) groups is 3. The number of amides is 3. The van der Waals surface area contributed by atoms with Crippen LogP contribution in [0.2, 0.25) is 0 Å². The van der Waals surface area contributed by atoms with Crippen LogP contribution in [0.5, 0.6) is 0 Å². The van der Waals surface area contributed by atoms with E-state index < -0.39 is 17.2 Å². The molecular weight excluding hydrogens is 402 g/mol. The molecule has 32 heavy (non-hydrogen) atoms. The normalized spacial score (nSPS) is 20.8. The highest BCUT2D eigenvalue weighted by atomic mass is 16.2. The SMILES string of the molecule is CC(=O)Nc1ccccc1C1(c2ccccc2)CC/C1=N\N1C(=O)c2ccccc2C1=O. The molecule has 1 unspecified atom stereocenters. The van der Waals surface area contributed by atoms with Crippen molar-refractivity contribution in [1.82, 2.24) is 5.01 Å². The van der Waals surface area contributed by atoms with Gasteiger partial charge in [0.2, 0.25) is 5.91 Å². The van der Waals surface area contributed by atoms with E-state index in [2.05, 4.69) is 10.4 Å². The maximum absolute atomic E-state index is 12.9. The Morgan fingerprint density at radius 1 is 0.875 bits per heavy atom. The average Bonchev–Trinajstić information content (AvgIpc) is 3.03. The number of nitrogens with one attached hydrogen (secondary N) is 1. The van der Waals surface area contributed by atoms with Gasteiger partial charge in [-0.3, -0.25) is 14.4 Å². The Balaban J connectivity index is 1.65. The van der Waals surface area contributed by atoms with Gasteiger partial charge >= 0.3 is 0 Å². The van der Waals surface area contributed by atoms with E-state index in [0.717, 1.165) is 28.3 Å². The number of rotatable bonds is 4. The van der Waals surface area contributed by atoms with Crippen LogP contribution in [0.15, 0.2) is 84.0 Å². The molecule has 3 aromatic carbocycles. The molecule has 3 aromatic rings. The van der Waals surface area contributed by atoms with Crippen molar-refractivity contribution in [1.29, 1.82) is 0 Å². The zero-order valence-corrected chi connectivity index (χ0v) is 17.5. The van der Waals surface area contributed by atoms with Crippen molar-refractivity contribution < 1.29 is 14.4 Å². The number of para-hydroxylation sites is 1. The fourth-order valence-electron chi connectivity index (χ4n) is 4.64. The van der Waals surface area contributed by atoms with E-state index in [9.17, 15) is 14.4 Å². The van der Waals surface area contributed by atoms with E-state index in [-0.39, 0.29) is 5.91 Å². The van der Waals surface area contributed by atoms with Gasteiger partial charge in [-0.2, -0.15) is 10.1 Å². The van der Waals surface area contributed by atoms with Crippen molar-refractivity contribution in [3.63, 3.8) is 0 Å². The third kappa shape index (κ3) is 2.95. The summed E-state index contributed by atoms with van der Waals surface area (Å²) < 4.78 is 0. The maximum Gasteiger partial charge on any atom is 0.282 e. The standard InChI is InChI=1S/C26H21N3O3/c1-17(30)27-22-14-8-7-13-21(22)26(18-9-3-2-4-10-18)16-15-23(26)28-29-24(31)19-11-5-6-12-20(19)25(29)32/h2-14H,15-16H2,1H3,(H,27,30)/b28-23+. The smallest absolute Gasteiger partial charge is 0.282 e. The third-order valence-electron chi connectivity index (χ3n) is 6.19. The van der Waals surface area contributed by atoms with E-state index in [1.807, 2.05) is 54.6 Å². The van der Waals surface area contributed by atoms with Crippen LogP contribution in [0.4, 0.5) is 5.69 Å². The largest absolute Gasteiger partial charge is 0.326 e. The highest BCUT2D eigenvalue weighted by molar-refractivity contribution is 6.22. The quantitative estimate of drug-likeness (QED) is 0.633. The molecule has 1 aliphatic heterocycles. The number of anilines is 1. The summed E-state index contributed by atoms with van der Waals surface area (Å²) in [6.07, 6.45) is 1.38. The van der Waals surface area contributed by atoms with E-state index >= 15 is 0 Å². The summed E-state index contributed by atoms with van der Waals surface area (Å²) in [5.74, 6) is -0.997. The molecule has 6 heteroatoms. The van der Waals surface area contributed by atoms with Gasteiger partial charge in [-0.05, 0) is 42.2 Å². The Morgan fingerprint density at radius 3 is 2.06 bits per heavy atom. The van der Waals surface area contributed by atoms with Gasteiger partial charge in [-0.25, -0.2) is 0 Å². The summed E-state index contributed by atoms with van der Waals surface area (Å²) in [5, 5.41) is 8.53. The summed E-state index contributed by atoms with van der Waals surface area (Å²) >= 11 is 0. The fourth-order valence-corrected chi connectivity index (χ4v) is 4.64. The Kier molecular flexibility index (Phi) is 4.70. The van der Waals surface area contributed by atoms with E-state index in [0.29, 0.717) is 23.2 Å². The number of carbonyl (C=O) groups excluding carboxylic acids is 3. The van der Waals surface area contributed by atoms with Crippen molar-refractivity contribution in [2.24, 2.45) is 5.10 Å². The molecule has 0 bridgehead atoms. The average molecular weight is 423 g/mol. The third-order valence-corrected chi connectivity index (χ3v) is 6.19. The lowest BCUT2D eigenvalue weighted by Crippen LogP contribution is -2.48. The van der Waals surface area contributed by atoms with Crippen molar-refractivity contribution in [3.8, 4) is 0 Å². The maximum atomic E-state index is 12.9. The zero-order valence-electron chi connectivity index (χ0n) is 17.5. The first-order valence-electron chi connectivity index (χ1n) is 10.5. The Bertz CT molecular complexity index is 1250. The summed E-state index contributed by atoms with van der Waals surface area (Å²) in [6.45, 7) is 1.47. The minimum Gasteiger partial charge on any atom is -0.326 e. The number of imide groups is 1. The predicted molar refractivity (Wildman–Crippen MR) is 122 cm³/mol. The summed E-state index contributed by atoms with van der Waals surface area (Å²) in [7, 11) is 0. The molecule has 3 amide bonds. The van der Waals surface area contributed by atoms with Crippen molar-refractivity contribution in [2.45, 2.75) is 25.2 Å². The van der Waals surface area contributed by atoms with Gasteiger partial charge < -0.3 is 5.32 Å². The van der Waals surface area contributed by atoms with E-state index in [4.69, 9.17) is 0 Å². The highest BCUT2D eigenvalue weighted by Crippen LogP contribution is 2.49. The van der Waals surface area contributed by atoms with Crippen LogP contribution in [0.1, 0.15) is 51.6 Å². The lowest BCUT2D eigenvalue weighted by Gasteiger charge is -2.45. The molecule has 2 aliphatic rings. The molecular formula is C26H21N3O3. The monoisotopic (exact) mass is 423 g/mol. The molecule has 1 aliphatic carbocycles. The van der Waals surface area contributed by atoms with Crippen LogP contribution in [0, 0.1) is 0 Å². The topological polar surface area (TPSA) is 78.8 Å². The molecule has 0 radical (unpaired) electrons. The van der Waals surface area contributed by atoms with Crippen LogP contribution < -0.4 is 5.32 Å². The van der Waals surface area contributed by atoms with Gasteiger partial charge in [0.1, 0.15) is 0 Å². The number of hydrogen-bond donors (Lipinski definition) is 1. The lowest BCUT2D eigenvalue weighted by molar-refractivity contribution is -0.114. The van der Waals surface area contributed by atoms with Crippen LogP contribution >= 0.6 is 0 Å². The molecule has 0 aromatic heterocycles. The number of hydrogen-bond acceptors (Lipinski definition) is 4. The van der Waals surface area contributed by atoms with Gasteiger partial charge in [0.25, 0.3) is 11.8 Å². The predicted octanol–water partition coefficient (Wildman–Crippen LogP) is 4.38. The van der Waals surface area contributed by atoms with Gasteiger partial charge in [0.15, 0.2) is 0 Å². The lowest BCUT2D eigenvalue weighted by atomic mass is 9.58. The van der Waals surface area contributed by atoms with Gasteiger partial charge in [-0.15, -0.1) is 0 Å². The molecule has 5 rings (SSSR count). The Labute approximate surface area is 185 Å². The van der Waals surface area contributed by atoms with Crippen molar-refractivity contribution >= 4 is 29.1 Å². The van der Waals surface area contributed by atoms with Crippen molar-refractivity contribution in [3.05, 3.63) is 101 Å². The molecule has 1 N–H and O–H groups in total.